The lowest BCUT2D eigenvalue weighted by Crippen LogP contribution is -2.23. The van der Waals surface area contributed by atoms with Gasteiger partial charge in [0, 0.05) is 42.0 Å². The van der Waals surface area contributed by atoms with Crippen molar-refractivity contribution in [2.45, 2.75) is 49.0 Å². The summed E-state index contributed by atoms with van der Waals surface area (Å²) in [6.45, 7) is 3.68. The summed E-state index contributed by atoms with van der Waals surface area (Å²) in [5.41, 5.74) is 2.68. The lowest BCUT2D eigenvalue weighted by Gasteiger charge is -2.14. The normalized spacial score (nSPS) is 12.0. The molecule has 5 aromatic rings. The Hall–Kier alpha value is -6.17. The van der Waals surface area contributed by atoms with Crippen molar-refractivity contribution in [2.75, 3.05) is 23.4 Å². The summed E-state index contributed by atoms with van der Waals surface area (Å²) in [4.78, 5) is 46.6. The van der Waals surface area contributed by atoms with Crippen molar-refractivity contribution in [2.24, 2.45) is 0 Å². The van der Waals surface area contributed by atoms with Crippen LogP contribution in [0.3, 0.4) is 0 Å². The van der Waals surface area contributed by atoms with Crippen molar-refractivity contribution in [3.8, 4) is 0 Å². The summed E-state index contributed by atoms with van der Waals surface area (Å²) in [7, 11) is -6.52. The van der Waals surface area contributed by atoms with E-state index >= 15 is 0 Å². The standard InChI is InChI=1S/C25H25F3N2O4S.C18H17NO5S/c1-2-35(33,34)22-13-3-17(4-14-22)15-30-24(32)19-7-5-18(6-8-19)23(31)16-29-21-11-9-20(10-12-21)25(26,27)28;1-2-25(23,24)16-9-3-13(4-10-16)11-19-18(22)15-7-5-14(6-8-15)17(21)12-20/h3-14,23,29,31H,2,15-16H2,1H3,(H,30,32);3-10,12H,2,11H2,1H3,(H,19,22). The highest BCUT2D eigenvalue weighted by Crippen LogP contribution is 2.30. The predicted octanol–water partition coefficient (Wildman–Crippen LogP) is 6.37. The Labute approximate surface area is 345 Å². The second kappa shape index (κ2) is 20.7. The molecule has 5 aromatic carbocycles. The van der Waals surface area contributed by atoms with Gasteiger partial charge >= 0.3 is 6.18 Å². The summed E-state index contributed by atoms with van der Waals surface area (Å²) in [5, 5.41) is 18.7. The molecule has 0 bridgehead atoms. The Morgan fingerprint density at radius 2 is 1.02 bits per heavy atom. The highest BCUT2D eigenvalue weighted by atomic mass is 32.2. The number of aliphatic hydroxyl groups is 1. The topological polar surface area (TPSA) is 193 Å². The van der Waals surface area contributed by atoms with Gasteiger partial charge in [-0.2, -0.15) is 13.2 Å². The number of benzene rings is 5. The first-order valence-corrected chi connectivity index (χ1v) is 21.7. The van der Waals surface area contributed by atoms with Gasteiger partial charge in [-0.05, 0) is 89.5 Å². The first-order chi connectivity index (χ1) is 28.4. The lowest BCUT2D eigenvalue weighted by molar-refractivity contribution is -0.137. The maximum atomic E-state index is 12.6. The van der Waals surface area contributed by atoms with Gasteiger partial charge in [0.25, 0.3) is 11.8 Å². The third-order valence-electron chi connectivity index (χ3n) is 9.04. The van der Waals surface area contributed by atoms with Crippen molar-refractivity contribution >= 4 is 49.2 Å². The van der Waals surface area contributed by atoms with Crippen LogP contribution < -0.4 is 16.0 Å². The van der Waals surface area contributed by atoms with Gasteiger partial charge in [-0.1, -0.05) is 62.4 Å². The molecule has 1 atom stereocenters. The number of carbonyl (C=O) groups is 4. The largest absolute Gasteiger partial charge is 0.416 e. The highest BCUT2D eigenvalue weighted by Gasteiger charge is 2.30. The number of rotatable bonds is 16. The van der Waals surface area contributed by atoms with Gasteiger partial charge in [-0.3, -0.25) is 19.2 Å². The smallest absolute Gasteiger partial charge is 0.387 e. The van der Waals surface area contributed by atoms with Crippen molar-refractivity contribution in [3.05, 3.63) is 160 Å². The molecule has 1 unspecified atom stereocenters. The molecule has 0 radical (unpaired) electrons. The van der Waals surface area contributed by atoms with Crippen molar-refractivity contribution in [1.82, 2.24) is 10.6 Å². The molecule has 0 aliphatic heterocycles. The zero-order valence-electron chi connectivity index (χ0n) is 32.4. The molecular weight excluding hydrogens is 824 g/mol. The van der Waals surface area contributed by atoms with Gasteiger partial charge in [0.05, 0.1) is 33.0 Å². The van der Waals surface area contributed by atoms with E-state index in [1.807, 2.05) is 0 Å². The predicted molar refractivity (Wildman–Crippen MR) is 219 cm³/mol. The van der Waals surface area contributed by atoms with Crippen LogP contribution >= 0.6 is 0 Å². The van der Waals surface area contributed by atoms with Gasteiger partial charge in [0.15, 0.2) is 26.0 Å². The summed E-state index contributed by atoms with van der Waals surface area (Å²) in [6.07, 6.45) is -5.13. The van der Waals surface area contributed by atoms with E-state index in [2.05, 4.69) is 16.0 Å². The number of aliphatic hydroxyl groups excluding tert-OH is 1. The maximum absolute atomic E-state index is 12.6. The van der Waals surface area contributed by atoms with Gasteiger partial charge in [-0.25, -0.2) is 16.8 Å². The summed E-state index contributed by atoms with van der Waals surface area (Å²) < 4.78 is 85.1. The minimum Gasteiger partial charge on any atom is -0.387 e. The summed E-state index contributed by atoms with van der Waals surface area (Å²) in [5.74, 6) is -1.27. The number of alkyl halides is 3. The second-order valence-corrected chi connectivity index (χ2v) is 17.7. The fourth-order valence-corrected chi connectivity index (χ4v) is 7.12. The number of carbonyl (C=O) groups excluding carboxylic acids is 4. The monoisotopic (exact) mass is 865 g/mol. The third kappa shape index (κ3) is 13.2. The van der Waals surface area contributed by atoms with Crippen LogP contribution in [0.4, 0.5) is 18.9 Å². The number of hydrogen-bond acceptors (Lipinski definition) is 10. The number of anilines is 1. The second-order valence-electron chi connectivity index (χ2n) is 13.1. The quantitative estimate of drug-likeness (QED) is 0.0493. The van der Waals surface area contributed by atoms with E-state index in [1.165, 1.54) is 60.7 Å². The zero-order valence-corrected chi connectivity index (χ0v) is 34.0. The Morgan fingerprint density at radius 1 is 0.617 bits per heavy atom. The van der Waals surface area contributed by atoms with Crippen molar-refractivity contribution in [3.63, 3.8) is 0 Å². The minimum atomic E-state index is -4.41. The number of sulfone groups is 2. The van der Waals surface area contributed by atoms with E-state index in [0.717, 1.165) is 23.3 Å². The van der Waals surface area contributed by atoms with Crippen LogP contribution in [0.1, 0.15) is 73.3 Å². The van der Waals surface area contributed by atoms with E-state index in [-0.39, 0.29) is 64.6 Å². The average Bonchev–Trinajstić information content (AvgIpc) is 3.26. The Balaban J connectivity index is 0.000000280. The lowest BCUT2D eigenvalue weighted by atomic mass is 10.1. The molecule has 0 aliphatic rings. The Morgan fingerprint density at radius 3 is 1.40 bits per heavy atom. The molecule has 0 aliphatic carbocycles. The average molecular weight is 866 g/mol. The Bertz CT molecular complexity index is 2480. The molecule has 0 spiro atoms. The van der Waals surface area contributed by atoms with E-state index in [9.17, 15) is 54.3 Å². The molecule has 60 heavy (non-hydrogen) atoms. The minimum absolute atomic E-state index is 0.0128. The molecule has 4 N–H and O–H groups in total. The molecule has 0 saturated heterocycles. The van der Waals surface area contributed by atoms with Gasteiger partial charge < -0.3 is 21.1 Å². The molecule has 0 saturated carbocycles. The SMILES string of the molecule is CCS(=O)(=O)c1ccc(CNC(=O)c2ccc(C(=O)C=O)cc2)cc1.CCS(=O)(=O)c1ccc(CNC(=O)c2ccc(C(O)CNc3ccc(C(F)(F)F)cc3)cc2)cc1. The molecule has 17 heteroatoms. The molecule has 12 nitrogen and oxygen atoms in total. The van der Waals surface area contributed by atoms with Crippen LogP contribution in [0.15, 0.2) is 131 Å². The van der Waals surface area contributed by atoms with E-state index < -0.39 is 43.3 Å². The molecule has 0 aromatic heterocycles. The van der Waals surface area contributed by atoms with Crippen molar-refractivity contribution in [1.29, 1.82) is 0 Å². The van der Waals surface area contributed by atoms with Crippen LogP contribution in [0, 0.1) is 0 Å². The van der Waals surface area contributed by atoms with Crippen LogP contribution in [0.5, 0.6) is 0 Å². The molecule has 0 heterocycles. The number of halogens is 3. The van der Waals surface area contributed by atoms with Crippen LogP contribution in [0.2, 0.25) is 0 Å². The van der Waals surface area contributed by atoms with Gasteiger partial charge in [0.2, 0.25) is 5.78 Å². The number of ketones is 1. The molecule has 2 amide bonds. The summed E-state index contributed by atoms with van der Waals surface area (Å²) >= 11 is 0. The van der Waals surface area contributed by atoms with Crippen LogP contribution in [-0.4, -0.2) is 63.9 Å². The zero-order chi connectivity index (χ0) is 44.1. The maximum Gasteiger partial charge on any atom is 0.416 e. The molecular formula is C43H42F3N3O9S2. The number of hydrogen-bond donors (Lipinski definition) is 4. The number of nitrogens with one attached hydrogen (secondary N) is 3. The molecule has 0 fully saturated rings. The first kappa shape index (κ1) is 46.5. The van der Waals surface area contributed by atoms with Crippen LogP contribution in [0.25, 0.3) is 0 Å². The van der Waals surface area contributed by atoms with E-state index in [4.69, 9.17) is 0 Å². The van der Waals surface area contributed by atoms with E-state index in [0.29, 0.717) is 22.4 Å². The number of amides is 2. The fourth-order valence-electron chi connectivity index (χ4n) is 5.35. The van der Waals surface area contributed by atoms with Crippen LogP contribution in [-0.2, 0) is 43.7 Å². The van der Waals surface area contributed by atoms with Crippen molar-refractivity contribution < 1.29 is 54.3 Å². The Kier molecular flexibility index (Phi) is 16.0. The first-order valence-electron chi connectivity index (χ1n) is 18.3. The highest BCUT2D eigenvalue weighted by molar-refractivity contribution is 7.91. The van der Waals surface area contributed by atoms with Gasteiger partial charge in [0.1, 0.15) is 0 Å². The van der Waals surface area contributed by atoms with E-state index in [1.54, 1.807) is 62.4 Å². The third-order valence-corrected chi connectivity index (χ3v) is 12.5. The number of Topliss-reactive ketones (excluding diaryl/α,β-unsaturated/α-hetero) is 1. The molecule has 316 valence electrons. The number of aldehydes is 1. The summed E-state index contributed by atoms with van der Waals surface area (Å²) in [6, 6.07) is 29.2. The fraction of sp³-hybridized carbons (Fsp3) is 0.209. The van der Waals surface area contributed by atoms with Gasteiger partial charge in [-0.15, -0.1) is 0 Å². The molecule has 5 rings (SSSR count).